The number of anilines is 2. The van der Waals surface area contributed by atoms with Crippen molar-refractivity contribution in [3.8, 4) is 0 Å². The summed E-state index contributed by atoms with van der Waals surface area (Å²) >= 11 is 0. The first-order valence-corrected chi connectivity index (χ1v) is 9.93. The summed E-state index contributed by atoms with van der Waals surface area (Å²) in [6, 6.07) is 8.18. The zero-order valence-electron chi connectivity index (χ0n) is 17.0. The third kappa shape index (κ3) is 2.85. The van der Waals surface area contributed by atoms with E-state index in [1.807, 2.05) is 16.7 Å². The lowest BCUT2D eigenvalue weighted by Crippen LogP contribution is -2.40. The molecule has 3 aromatic rings. The van der Waals surface area contributed by atoms with Crippen LogP contribution in [-0.4, -0.2) is 25.2 Å². The normalized spacial score (nSPS) is 14.1. The standard InChI is InChI=1S/C21H27N5O2/c1-14(2)10-13-26-19(27)17-18(23(4)21(26)28)22-20-24(11-7-12-25(17)20)16-9-6-5-8-15(16)3/h5-6,8-9,14H,7,10-13H2,1-4H3. The van der Waals surface area contributed by atoms with Crippen LogP contribution in [0.15, 0.2) is 33.9 Å². The Morgan fingerprint density at radius 1 is 1.14 bits per heavy atom. The van der Waals surface area contributed by atoms with E-state index in [2.05, 4.69) is 37.8 Å². The zero-order chi connectivity index (χ0) is 20.0. The van der Waals surface area contributed by atoms with E-state index in [4.69, 9.17) is 4.98 Å². The molecule has 0 spiro atoms. The minimum absolute atomic E-state index is 0.232. The summed E-state index contributed by atoms with van der Waals surface area (Å²) in [6.45, 7) is 8.26. The first-order valence-electron chi connectivity index (χ1n) is 9.93. The molecular formula is C21H27N5O2. The van der Waals surface area contributed by atoms with E-state index in [1.165, 1.54) is 9.13 Å². The summed E-state index contributed by atoms with van der Waals surface area (Å²) in [7, 11) is 1.70. The van der Waals surface area contributed by atoms with Gasteiger partial charge in [0.25, 0.3) is 5.56 Å². The maximum atomic E-state index is 13.2. The van der Waals surface area contributed by atoms with Crippen molar-refractivity contribution >= 4 is 22.8 Å². The molecule has 0 amide bonds. The van der Waals surface area contributed by atoms with Gasteiger partial charge in [-0.3, -0.25) is 13.9 Å². The molecule has 1 aromatic carbocycles. The first-order chi connectivity index (χ1) is 13.4. The summed E-state index contributed by atoms with van der Waals surface area (Å²) in [5, 5.41) is 0. The van der Waals surface area contributed by atoms with Gasteiger partial charge in [0, 0.05) is 32.4 Å². The number of fused-ring (bicyclic) bond motifs is 3. The second-order valence-corrected chi connectivity index (χ2v) is 8.01. The highest BCUT2D eigenvalue weighted by molar-refractivity contribution is 5.77. The number of rotatable bonds is 4. The van der Waals surface area contributed by atoms with Gasteiger partial charge in [0.2, 0.25) is 5.95 Å². The Morgan fingerprint density at radius 3 is 2.61 bits per heavy atom. The zero-order valence-corrected chi connectivity index (χ0v) is 17.0. The van der Waals surface area contributed by atoms with Gasteiger partial charge < -0.3 is 9.47 Å². The van der Waals surface area contributed by atoms with Crippen LogP contribution in [0.1, 0.15) is 32.3 Å². The molecule has 0 N–H and O–H groups in total. The smallest absolute Gasteiger partial charge is 0.312 e. The summed E-state index contributed by atoms with van der Waals surface area (Å²) in [6.07, 6.45) is 1.71. The molecule has 3 heterocycles. The van der Waals surface area contributed by atoms with E-state index in [0.29, 0.717) is 23.6 Å². The molecule has 1 aliphatic rings. The molecule has 4 rings (SSSR count). The Hall–Kier alpha value is -2.83. The summed E-state index contributed by atoms with van der Waals surface area (Å²) in [4.78, 5) is 32.9. The van der Waals surface area contributed by atoms with Gasteiger partial charge in [0.05, 0.1) is 0 Å². The molecular weight excluding hydrogens is 354 g/mol. The predicted octanol–water partition coefficient (Wildman–Crippen LogP) is 2.79. The molecule has 0 fully saturated rings. The lowest BCUT2D eigenvalue weighted by molar-refractivity contribution is 0.487. The molecule has 0 aliphatic carbocycles. The van der Waals surface area contributed by atoms with Crippen molar-refractivity contribution in [1.29, 1.82) is 0 Å². The van der Waals surface area contributed by atoms with Gasteiger partial charge in [-0.25, -0.2) is 4.79 Å². The third-order valence-corrected chi connectivity index (χ3v) is 5.55. The van der Waals surface area contributed by atoms with E-state index >= 15 is 0 Å². The highest BCUT2D eigenvalue weighted by atomic mass is 16.2. The number of hydrogen-bond acceptors (Lipinski definition) is 4. The summed E-state index contributed by atoms with van der Waals surface area (Å²) in [5.41, 5.74) is 2.71. The molecule has 28 heavy (non-hydrogen) atoms. The second kappa shape index (κ2) is 6.96. The van der Waals surface area contributed by atoms with Gasteiger partial charge >= 0.3 is 5.69 Å². The predicted molar refractivity (Wildman–Crippen MR) is 111 cm³/mol. The van der Waals surface area contributed by atoms with Crippen LogP contribution < -0.4 is 16.1 Å². The van der Waals surface area contributed by atoms with Crippen molar-refractivity contribution in [2.75, 3.05) is 11.4 Å². The number of benzene rings is 1. The van der Waals surface area contributed by atoms with E-state index in [0.717, 1.165) is 43.1 Å². The fraction of sp³-hybridized carbons (Fsp3) is 0.476. The maximum Gasteiger partial charge on any atom is 0.332 e. The Balaban J connectivity index is 1.94. The van der Waals surface area contributed by atoms with Gasteiger partial charge in [-0.05, 0) is 37.3 Å². The third-order valence-electron chi connectivity index (χ3n) is 5.55. The maximum absolute atomic E-state index is 13.2. The Kier molecular flexibility index (Phi) is 4.61. The van der Waals surface area contributed by atoms with Crippen molar-refractivity contribution in [1.82, 2.24) is 18.7 Å². The number of imidazole rings is 1. The van der Waals surface area contributed by atoms with Crippen LogP contribution in [0.4, 0.5) is 11.6 Å². The van der Waals surface area contributed by atoms with Crippen molar-refractivity contribution in [3.05, 3.63) is 50.7 Å². The van der Waals surface area contributed by atoms with Crippen molar-refractivity contribution in [2.45, 2.75) is 46.7 Å². The minimum atomic E-state index is -0.295. The van der Waals surface area contributed by atoms with Gasteiger partial charge in [-0.15, -0.1) is 0 Å². The van der Waals surface area contributed by atoms with Crippen LogP contribution in [0.5, 0.6) is 0 Å². The molecule has 0 saturated carbocycles. The largest absolute Gasteiger partial charge is 0.332 e. The summed E-state index contributed by atoms with van der Waals surface area (Å²) in [5.74, 6) is 1.16. The molecule has 0 saturated heterocycles. The van der Waals surface area contributed by atoms with Gasteiger partial charge in [0.1, 0.15) is 0 Å². The van der Waals surface area contributed by atoms with Crippen LogP contribution in [0.3, 0.4) is 0 Å². The minimum Gasteiger partial charge on any atom is -0.312 e. The number of nitrogens with zero attached hydrogens (tertiary/aromatic N) is 5. The molecule has 7 nitrogen and oxygen atoms in total. The van der Waals surface area contributed by atoms with E-state index in [-0.39, 0.29) is 11.2 Å². The fourth-order valence-electron chi connectivity index (χ4n) is 3.94. The molecule has 7 heteroatoms. The number of para-hydroxylation sites is 1. The van der Waals surface area contributed by atoms with Crippen LogP contribution in [0.25, 0.3) is 11.2 Å². The molecule has 1 aliphatic heterocycles. The number of aromatic nitrogens is 4. The van der Waals surface area contributed by atoms with Crippen molar-refractivity contribution in [3.63, 3.8) is 0 Å². The monoisotopic (exact) mass is 381 g/mol. The fourth-order valence-corrected chi connectivity index (χ4v) is 3.94. The average Bonchev–Trinajstić information content (AvgIpc) is 3.06. The number of aryl methyl sites for hydroxylation is 3. The second-order valence-electron chi connectivity index (χ2n) is 8.01. The molecule has 2 aromatic heterocycles. The van der Waals surface area contributed by atoms with Gasteiger partial charge in [0.15, 0.2) is 11.2 Å². The van der Waals surface area contributed by atoms with Crippen molar-refractivity contribution in [2.24, 2.45) is 13.0 Å². The van der Waals surface area contributed by atoms with E-state index in [1.54, 1.807) is 7.05 Å². The quantitative estimate of drug-likeness (QED) is 0.697. The Bertz CT molecular complexity index is 1150. The van der Waals surface area contributed by atoms with Crippen LogP contribution >= 0.6 is 0 Å². The molecule has 0 radical (unpaired) electrons. The SMILES string of the molecule is Cc1ccccc1N1CCCn2c1nc1c2c(=O)n(CCC(C)C)c(=O)n1C. The molecule has 0 unspecified atom stereocenters. The Morgan fingerprint density at radius 2 is 1.89 bits per heavy atom. The van der Waals surface area contributed by atoms with Crippen LogP contribution in [0, 0.1) is 12.8 Å². The van der Waals surface area contributed by atoms with Crippen LogP contribution in [-0.2, 0) is 20.1 Å². The lowest BCUT2D eigenvalue weighted by atomic mass is 10.1. The van der Waals surface area contributed by atoms with Gasteiger partial charge in [-0.1, -0.05) is 32.0 Å². The summed E-state index contributed by atoms with van der Waals surface area (Å²) < 4.78 is 4.86. The molecule has 148 valence electrons. The average molecular weight is 381 g/mol. The first kappa shape index (κ1) is 18.5. The number of hydrogen-bond donors (Lipinski definition) is 0. The van der Waals surface area contributed by atoms with E-state index < -0.39 is 0 Å². The Labute approximate surface area is 163 Å². The lowest BCUT2D eigenvalue weighted by Gasteiger charge is -2.30. The topological polar surface area (TPSA) is 65.1 Å². The highest BCUT2D eigenvalue weighted by Gasteiger charge is 2.27. The molecule has 0 atom stereocenters. The molecule has 0 bridgehead atoms. The van der Waals surface area contributed by atoms with Gasteiger partial charge in [-0.2, -0.15) is 4.98 Å². The van der Waals surface area contributed by atoms with Crippen LogP contribution in [0.2, 0.25) is 0 Å². The highest BCUT2D eigenvalue weighted by Crippen LogP contribution is 2.32. The van der Waals surface area contributed by atoms with Crippen molar-refractivity contribution < 1.29 is 0 Å². The van der Waals surface area contributed by atoms with E-state index in [9.17, 15) is 9.59 Å².